The second-order valence-electron chi connectivity index (χ2n) is 4.45. The van der Waals surface area contributed by atoms with Gasteiger partial charge in [-0.05, 0) is 29.7 Å². The van der Waals surface area contributed by atoms with Crippen molar-refractivity contribution in [3.63, 3.8) is 0 Å². The molecule has 4 heteroatoms. The summed E-state index contributed by atoms with van der Waals surface area (Å²) in [5.74, 6) is 0. The van der Waals surface area contributed by atoms with Gasteiger partial charge < -0.3 is 10.5 Å². The summed E-state index contributed by atoms with van der Waals surface area (Å²) in [6.45, 7) is 5.28. The van der Waals surface area contributed by atoms with Gasteiger partial charge in [-0.2, -0.15) is 0 Å². The van der Waals surface area contributed by atoms with Gasteiger partial charge in [-0.25, -0.2) is 0 Å². The van der Waals surface area contributed by atoms with Gasteiger partial charge in [0.2, 0.25) is 0 Å². The quantitative estimate of drug-likeness (QED) is 0.895. The van der Waals surface area contributed by atoms with Crippen LogP contribution in [0.2, 0.25) is 5.02 Å². The highest BCUT2D eigenvalue weighted by molar-refractivity contribution is 6.31. The van der Waals surface area contributed by atoms with Crippen LogP contribution in [0.15, 0.2) is 12.1 Å². The van der Waals surface area contributed by atoms with Crippen LogP contribution in [0.3, 0.4) is 0 Å². The molecule has 3 nitrogen and oxygen atoms in total. The Morgan fingerprint density at radius 3 is 2.94 bits per heavy atom. The lowest BCUT2D eigenvalue weighted by atomic mass is 10.0. The number of benzene rings is 1. The van der Waals surface area contributed by atoms with E-state index in [9.17, 15) is 0 Å². The molecule has 2 N–H and O–H groups in total. The number of nitrogens with zero attached hydrogens (tertiary/aromatic N) is 1. The molecule has 0 bridgehead atoms. The van der Waals surface area contributed by atoms with E-state index in [1.165, 1.54) is 16.7 Å². The zero-order chi connectivity index (χ0) is 12.4. The van der Waals surface area contributed by atoms with Crippen molar-refractivity contribution in [3.05, 3.63) is 33.8 Å². The van der Waals surface area contributed by atoms with Crippen LogP contribution >= 0.6 is 11.6 Å². The zero-order valence-corrected chi connectivity index (χ0v) is 11.1. The molecule has 0 amide bonds. The van der Waals surface area contributed by atoms with E-state index in [2.05, 4.69) is 17.9 Å². The summed E-state index contributed by atoms with van der Waals surface area (Å²) in [6, 6.07) is 4.38. The number of fused-ring (bicyclic) bond motifs is 1. The van der Waals surface area contributed by atoms with Gasteiger partial charge in [-0.1, -0.05) is 17.7 Å². The molecule has 1 aliphatic heterocycles. The molecular formula is C13H19ClN2O. The van der Waals surface area contributed by atoms with E-state index >= 15 is 0 Å². The lowest BCUT2D eigenvalue weighted by molar-refractivity contribution is 0.128. The molecule has 1 atom stereocenters. The van der Waals surface area contributed by atoms with Gasteiger partial charge in [0.05, 0.1) is 6.61 Å². The zero-order valence-electron chi connectivity index (χ0n) is 10.4. The fraction of sp³-hybridized carbons (Fsp3) is 0.538. The van der Waals surface area contributed by atoms with Crippen molar-refractivity contribution < 1.29 is 4.74 Å². The van der Waals surface area contributed by atoms with Crippen LogP contribution in [-0.2, 0) is 11.3 Å². The minimum atomic E-state index is 0.302. The first kappa shape index (κ1) is 12.8. The van der Waals surface area contributed by atoms with Gasteiger partial charge in [0.1, 0.15) is 0 Å². The Hall–Kier alpha value is -0.610. The summed E-state index contributed by atoms with van der Waals surface area (Å²) in [5, 5.41) is 0.841. The summed E-state index contributed by atoms with van der Waals surface area (Å²) >= 11 is 6.16. The number of methoxy groups -OCH3 is 1. The van der Waals surface area contributed by atoms with Gasteiger partial charge in [-0.15, -0.1) is 0 Å². The molecule has 17 heavy (non-hydrogen) atoms. The van der Waals surface area contributed by atoms with Crippen molar-refractivity contribution in [1.82, 2.24) is 4.90 Å². The lowest BCUT2D eigenvalue weighted by Crippen LogP contribution is -2.30. The Bertz CT molecular complexity index is 409. The predicted octanol–water partition coefficient (Wildman–Crippen LogP) is 2.11. The normalized spacial score (nSPS) is 19.6. The highest BCUT2D eigenvalue weighted by Crippen LogP contribution is 2.36. The lowest BCUT2D eigenvalue weighted by Gasteiger charge is -2.23. The molecule has 0 aliphatic carbocycles. The first-order valence-corrected chi connectivity index (χ1v) is 6.27. The highest BCUT2D eigenvalue weighted by atomic mass is 35.5. The number of halogens is 1. The summed E-state index contributed by atoms with van der Waals surface area (Å²) in [6.07, 6.45) is 0. The van der Waals surface area contributed by atoms with Gasteiger partial charge >= 0.3 is 0 Å². The van der Waals surface area contributed by atoms with Crippen molar-refractivity contribution in [2.45, 2.75) is 19.5 Å². The Kier molecular flexibility index (Phi) is 4.05. The fourth-order valence-electron chi connectivity index (χ4n) is 2.50. The maximum atomic E-state index is 6.16. The second-order valence-corrected chi connectivity index (χ2v) is 4.86. The van der Waals surface area contributed by atoms with Gasteiger partial charge in [-0.3, -0.25) is 4.90 Å². The minimum Gasteiger partial charge on any atom is -0.383 e. The van der Waals surface area contributed by atoms with Crippen molar-refractivity contribution in [3.8, 4) is 0 Å². The van der Waals surface area contributed by atoms with E-state index in [1.807, 2.05) is 6.07 Å². The molecule has 1 aliphatic rings. The van der Waals surface area contributed by atoms with Crippen molar-refractivity contribution in [1.29, 1.82) is 0 Å². The van der Waals surface area contributed by atoms with E-state index in [-0.39, 0.29) is 0 Å². The number of rotatable bonds is 4. The number of ether oxygens (including phenoxy) is 1. The van der Waals surface area contributed by atoms with Crippen LogP contribution in [0.1, 0.15) is 22.7 Å². The standard InChI is InChI=1S/C13H19ClN2O/c1-9-11-8-16(5-6-17-2)13(7-15)10(11)3-4-12(9)14/h3-4,13H,5-8,15H2,1-2H3. The van der Waals surface area contributed by atoms with E-state index < -0.39 is 0 Å². The largest absolute Gasteiger partial charge is 0.383 e. The summed E-state index contributed by atoms with van der Waals surface area (Å²) in [7, 11) is 1.72. The van der Waals surface area contributed by atoms with Crippen molar-refractivity contribution >= 4 is 11.6 Å². The summed E-state index contributed by atoms with van der Waals surface area (Å²) in [5.41, 5.74) is 9.73. The highest BCUT2D eigenvalue weighted by Gasteiger charge is 2.30. The summed E-state index contributed by atoms with van der Waals surface area (Å²) < 4.78 is 5.14. The second kappa shape index (κ2) is 5.36. The SMILES string of the molecule is COCCN1Cc2c(ccc(Cl)c2C)C1CN. The topological polar surface area (TPSA) is 38.5 Å². The third-order valence-corrected chi connectivity index (χ3v) is 3.94. The molecular weight excluding hydrogens is 236 g/mol. The molecule has 0 spiro atoms. The van der Waals surface area contributed by atoms with Crippen LogP contribution in [0.25, 0.3) is 0 Å². The average molecular weight is 255 g/mol. The first-order valence-electron chi connectivity index (χ1n) is 5.90. The molecule has 0 aromatic heterocycles. The summed E-state index contributed by atoms with van der Waals surface area (Å²) in [4.78, 5) is 2.36. The van der Waals surface area contributed by atoms with Crippen LogP contribution < -0.4 is 5.73 Å². The minimum absolute atomic E-state index is 0.302. The molecule has 1 unspecified atom stereocenters. The van der Waals surface area contributed by atoms with Crippen LogP contribution in [-0.4, -0.2) is 31.7 Å². The monoisotopic (exact) mass is 254 g/mol. The van der Waals surface area contributed by atoms with Crippen LogP contribution in [0.5, 0.6) is 0 Å². The van der Waals surface area contributed by atoms with E-state index in [0.717, 1.165) is 24.7 Å². The van der Waals surface area contributed by atoms with Gasteiger partial charge in [0, 0.05) is 37.8 Å². The molecule has 94 valence electrons. The molecule has 2 rings (SSSR count). The average Bonchev–Trinajstić information content (AvgIpc) is 2.69. The Balaban J connectivity index is 2.28. The molecule has 1 aromatic rings. The number of hydrogen-bond donors (Lipinski definition) is 1. The van der Waals surface area contributed by atoms with E-state index in [0.29, 0.717) is 12.6 Å². The number of nitrogens with two attached hydrogens (primary N) is 1. The smallest absolute Gasteiger partial charge is 0.0590 e. The van der Waals surface area contributed by atoms with Crippen LogP contribution in [0, 0.1) is 6.92 Å². The molecule has 0 saturated heterocycles. The predicted molar refractivity (Wildman–Crippen MR) is 70.3 cm³/mol. The Labute approximate surface area is 107 Å². The van der Waals surface area contributed by atoms with Crippen molar-refractivity contribution in [2.75, 3.05) is 26.8 Å². The Morgan fingerprint density at radius 1 is 1.53 bits per heavy atom. The number of hydrogen-bond acceptors (Lipinski definition) is 3. The molecule has 0 radical (unpaired) electrons. The molecule has 1 aromatic carbocycles. The van der Waals surface area contributed by atoms with Crippen molar-refractivity contribution in [2.24, 2.45) is 5.73 Å². The van der Waals surface area contributed by atoms with Crippen LogP contribution in [0.4, 0.5) is 0 Å². The maximum absolute atomic E-state index is 6.16. The first-order chi connectivity index (χ1) is 8.19. The van der Waals surface area contributed by atoms with E-state index in [1.54, 1.807) is 7.11 Å². The fourth-order valence-corrected chi connectivity index (χ4v) is 2.68. The molecule has 0 fully saturated rings. The Morgan fingerprint density at radius 2 is 2.29 bits per heavy atom. The molecule has 0 saturated carbocycles. The maximum Gasteiger partial charge on any atom is 0.0590 e. The van der Waals surface area contributed by atoms with E-state index in [4.69, 9.17) is 22.1 Å². The third-order valence-electron chi connectivity index (χ3n) is 3.54. The van der Waals surface area contributed by atoms with Gasteiger partial charge in [0.25, 0.3) is 0 Å². The third kappa shape index (κ3) is 2.33. The molecule has 1 heterocycles. The van der Waals surface area contributed by atoms with Gasteiger partial charge in [0.15, 0.2) is 0 Å².